The third kappa shape index (κ3) is 5.06. The van der Waals surface area contributed by atoms with Crippen molar-refractivity contribution < 1.29 is 4.39 Å². The summed E-state index contributed by atoms with van der Waals surface area (Å²) in [4.78, 5) is 10.6. The van der Waals surface area contributed by atoms with Gasteiger partial charge < -0.3 is 9.88 Å². The first-order chi connectivity index (χ1) is 15.1. The molecule has 0 saturated carbocycles. The molecule has 2 aromatic carbocycles. The molecular weight excluding hydrogens is 433 g/mol. The lowest BCUT2D eigenvalue weighted by atomic mass is 9.86. The van der Waals surface area contributed by atoms with Crippen LogP contribution in [0.1, 0.15) is 54.9 Å². The number of hydrogen-bond acceptors (Lipinski definition) is 2. The van der Waals surface area contributed by atoms with Gasteiger partial charge in [-0.05, 0) is 72.7 Å². The molecule has 0 aliphatic rings. The predicted octanol–water partition coefficient (Wildman–Crippen LogP) is 7.46. The first kappa shape index (κ1) is 24.8. The fourth-order valence-electron chi connectivity index (χ4n) is 4.30. The molecule has 0 amide bonds. The number of H-pyrrole nitrogens is 1. The Kier molecular flexibility index (Phi) is 7.18. The topological polar surface area (TPSA) is 31.9 Å². The third-order valence-electron chi connectivity index (χ3n) is 6.53. The Labute approximate surface area is 202 Å². The third-order valence-corrected chi connectivity index (χ3v) is 6.53. The van der Waals surface area contributed by atoms with Crippen LogP contribution in [0.4, 0.5) is 10.1 Å². The zero-order valence-corrected chi connectivity index (χ0v) is 21.1. The average molecular weight is 466 g/mol. The van der Waals surface area contributed by atoms with Crippen molar-refractivity contribution in [3.8, 4) is 0 Å². The summed E-state index contributed by atoms with van der Waals surface area (Å²) >= 11 is 0. The summed E-state index contributed by atoms with van der Waals surface area (Å²) in [6.07, 6.45) is 2.69. The Hall–Kier alpha value is -2.85. The van der Waals surface area contributed by atoms with Gasteiger partial charge in [0.05, 0.1) is 17.3 Å². The number of likely N-dealkylation sites (N-methyl/N-ethyl adjacent to an activating group) is 1. The maximum Gasteiger partial charge on any atom is 0.123 e. The second-order valence-corrected chi connectivity index (χ2v) is 9.75. The first-order valence-corrected chi connectivity index (χ1v) is 11.2. The quantitative estimate of drug-likeness (QED) is 0.331. The van der Waals surface area contributed by atoms with Crippen molar-refractivity contribution in [2.45, 2.75) is 52.5 Å². The molecule has 1 atom stereocenters. The van der Waals surface area contributed by atoms with Gasteiger partial charge in [-0.25, -0.2) is 4.39 Å². The number of nitrogens with one attached hydrogen (secondary N) is 1. The Balaban J connectivity index is 0.00000306. The Bertz CT molecular complexity index is 1220. The van der Waals surface area contributed by atoms with E-state index in [9.17, 15) is 4.39 Å². The summed E-state index contributed by atoms with van der Waals surface area (Å²) < 4.78 is 13.6. The van der Waals surface area contributed by atoms with Gasteiger partial charge in [0.1, 0.15) is 5.82 Å². The molecule has 0 spiro atoms. The molecule has 33 heavy (non-hydrogen) atoms. The molecular formula is C28H33ClFN3. The molecule has 5 heteroatoms. The summed E-state index contributed by atoms with van der Waals surface area (Å²) in [5, 5.41) is 1.20. The number of halogens is 2. The summed E-state index contributed by atoms with van der Waals surface area (Å²) in [5.41, 5.74) is 8.14. The van der Waals surface area contributed by atoms with Crippen molar-refractivity contribution in [2.24, 2.45) is 0 Å². The minimum Gasteiger partial charge on any atom is -0.366 e. The van der Waals surface area contributed by atoms with Crippen LogP contribution in [-0.2, 0) is 11.8 Å². The van der Waals surface area contributed by atoms with E-state index >= 15 is 0 Å². The molecule has 0 bridgehead atoms. The maximum absolute atomic E-state index is 13.6. The molecule has 4 rings (SSSR count). The predicted molar refractivity (Wildman–Crippen MR) is 139 cm³/mol. The minimum absolute atomic E-state index is 0. The van der Waals surface area contributed by atoms with Gasteiger partial charge in [-0.1, -0.05) is 45.0 Å². The maximum atomic E-state index is 13.6. The van der Waals surface area contributed by atoms with Gasteiger partial charge in [0, 0.05) is 30.0 Å². The number of benzene rings is 2. The van der Waals surface area contributed by atoms with Gasteiger partial charge in [-0.3, -0.25) is 4.98 Å². The van der Waals surface area contributed by atoms with Gasteiger partial charge in [0.2, 0.25) is 0 Å². The number of aromatic nitrogens is 2. The Morgan fingerprint density at radius 1 is 0.970 bits per heavy atom. The first-order valence-electron chi connectivity index (χ1n) is 11.2. The molecule has 0 radical (unpaired) electrons. The number of rotatable bonds is 5. The molecule has 1 unspecified atom stereocenters. The lowest BCUT2D eigenvalue weighted by Crippen LogP contribution is -2.27. The van der Waals surface area contributed by atoms with E-state index in [1.165, 1.54) is 34.2 Å². The summed E-state index contributed by atoms with van der Waals surface area (Å²) in [6, 6.07) is 17.6. The summed E-state index contributed by atoms with van der Waals surface area (Å²) in [7, 11) is 2.06. The van der Waals surface area contributed by atoms with E-state index < -0.39 is 0 Å². The lowest BCUT2D eigenvalue weighted by molar-refractivity contribution is 0.589. The molecule has 2 aromatic heterocycles. The van der Waals surface area contributed by atoms with Crippen molar-refractivity contribution in [1.82, 2.24) is 9.97 Å². The summed E-state index contributed by atoms with van der Waals surface area (Å²) in [6.45, 7) is 10.9. The number of nitrogens with zero attached hydrogens (tertiary/aromatic N) is 2. The van der Waals surface area contributed by atoms with Gasteiger partial charge in [-0.15, -0.1) is 12.4 Å². The second kappa shape index (κ2) is 9.56. The van der Waals surface area contributed by atoms with Crippen molar-refractivity contribution in [2.75, 3.05) is 11.9 Å². The van der Waals surface area contributed by atoms with E-state index in [0.29, 0.717) is 0 Å². The zero-order chi connectivity index (χ0) is 23.0. The highest BCUT2D eigenvalue weighted by molar-refractivity contribution is 5.86. The Morgan fingerprint density at radius 3 is 2.21 bits per heavy atom. The molecule has 0 aliphatic carbocycles. The van der Waals surface area contributed by atoms with E-state index in [1.807, 2.05) is 18.3 Å². The fraction of sp³-hybridized carbons (Fsp3) is 0.321. The molecule has 0 saturated heterocycles. The van der Waals surface area contributed by atoms with Crippen LogP contribution < -0.4 is 4.90 Å². The molecule has 1 N–H and O–H groups in total. The van der Waals surface area contributed by atoms with E-state index in [-0.39, 0.29) is 29.7 Å². The second-order valence-electron chi connectivity index (χ2n) is 9.75. The zero-order valence-electron chi connectivity index (χ0n) is 20.2. The number of pyridine rings is 1. The van der Waals surface area contributed by atoms with Gasteiger partial charge in [-0.2, -0.15) is 0 Å². The van der Waals surface area contributed by atoms with E-state index in [2.05, 4.69) is 81.9 Å². The van der Waals surface area contributed by atoms with Crippen LogP contribution in [0.2, 0.25) is 0 Å². The molecule has 3 nitrogen and oxygen atoms in total. The number of anilines is 1. The van der Waals surface area contributed by atoms with Crippen LogP contribution in [0.25, 0.3) is 10.9 Å². The lowest BCUT2D eigenvalue weighted by Gasteiger charge is -2.30. The highest BCUT2D eigenvalue weighted by Gasteiger charge is 2.24. The molecule has 0 aliphatic heterocycles. The van der Waals surface area contributed by atoms with Crippen LogP contribution in [0.3, 0.4) is 0 Å². The van der Waals surface area contributed by atoms with Crippen LogP contribution >= 0.6 is 12.4 Å². The monoisotopic (exact) mass is 465 g/mol. The molecule has 4 aromatic rings. The molecule has 0 fully saturated rings. The van der Waals surface area contributed by atoms with E-state index in [1.54, 1.807) is 0 Å². The van der Waals surface area contributed by atoms with Crippen molar-refractivity contribution in [3.63, 3.8) is 0 Å². The highest BCUT2D eigenvalue weighted by atomic mass is 35.5. The average Bonchev–Trinajstić information content (AvgIpc) is 3.06. The van der Waals surface area contributed by atoms with Crippen molar-refractivity contribution in [3.05, 3.63) is 94.7 Å². The van der Waals surface area contributed by atoms with Gasteiger partial charge in [0.25, 0.3) is 0 Å². The standard InChI is InChI=1S/C28H32FN3.ClH/c1-18-19(2)31-26-24(18)15-16-30-27(26)25(32(6)23-13-11-22(29)12-14-23)17-20-7-9-21(10-8-20)28(3,4)5;/h7-16,25,31H,17H2,1-6H3;1H. The highest BCUT2D eigenvalue weighted by Crippen LogP contribution is 2.34. The number of aryl methyl sites for hydroxylation is 2. The Morgan fingerprint density at radius 2 is 1.61 bits per heavy atom. The number of fused-ring (bicyclic) bond motifs is 1. The summed E-state index contributed by atoms with van der Waals surface area (Å²) in [5.74, 6) is -0.229. The fourth-order valence-corrected chi connectivity index (χ4v) is 4.30. The van der Waals surface area contributed by atoms with E-state index in [0.717, 1.165) is 29.0 Å². The van der Waals surface area contributed by atoms with Crippen LogP contribution in [0.15, 0.2) is 60.8 Å². The van der Waals surface area contributed by atoms with Crippen LogP contribution in [-0.4, -0.2) is 17.0 Å². The number of hydrogen-bond donors (Lipinski definition) is 1. The molecule has 2 heterocycles. The molecule has 174 valence electrons. The normalized spacial score (nSPS) is 12.5. The number of aromatic amines is 1. The van der Waals surface area contributed by atoms with Crippen molar-refractivity contribution >= 4 is 29.0 Å². The van der Waals surface area contributed by atoms with Crippen LogP contribution in [0, 0.1) is 19.7 Å². The SMILES string of the molecule is Cc1[nH]c2c(C(Cc3ccc(C(C)(C)C)cc3)N(C)c3ccc(F)cc3)nccc2c1C.Cl. The van der Waals surface area contributed by atoms with Crippen molar-refractivity contribution in [1.29, 1.82) is 0 Å². The smallest absolute Gasteiger partial charge is 0.123 e. The van der Waals surface area contributed by atoms with Gasteiger partial charge >= 0.3 is 0 Å². The van der Waals surface area contributed by atoms with E-state index in [4.69, 9.17) is 4.98 Å². The van der Waals surface area contributed by atoms with Crippen LogP contribution in [0.5, 0.6) is 0 Å². The van der Waals surface area contributed by atoms with Gasteiger partial charge in [0.15, 0.2) is 0 Å². The largest absolute Gasteiger partial charge is 0.366 e. The minimum atomic E-state index is -0.229.